The van der Waals surface area contributed by atoms with Crippen LogP contribution in [0, 0.1) is 11.2 Å². The lowest BCUT2D eigenvalue weighted by atomic mass is 9.79. The molecule has 0 amide bonds. The molecule has 0 aromatic heterocycles. The fourth-order valence-electron chi connectivity index (χ4n) is 3.01. The number of anilines is 1. The highest BCUT2D eigenvalue weighted by molar-refractivity contribution is 5.46. The van der Waals surface area contributed by atoms with Crippen molar-refractivity contribution in [2.24, 2.45) is 5.41 Å². The monoisotopic (exact) mass is 280 g/mol. The van der Waals surface area contributed by atoms with Crippen molar-refractivity contribution in [1.29, 1.82) is 0 Å². The van der Waals surface area contributed by atoms with Crippen molar-refractivity contribution in [1.82, 2.24) is 5.32 Å². The maximum absolute atomic E-state index is 13.1. The third kappa shape index (κ3) is 3.70. The van der Waals surface area contributed by atoms with E-state index in [1.54, 1.807) is 0 Å². The largest absolute Gasteiger partial charge is 0.381 e. The van der Waals surface area contributed by atoms with Gasteiger partial charge in [0, 0.05) is 44.0 Å². The van der Waals surface area contributed by atoms with Crippen LogP contribution in [0.3, 0.4) is 0 Å². The number of benzene rings is 1. The van der Waals surface area contributed by atoms with Crippen LogP contribution in [-0.2, 0) is 4.74 Å². The van der Waals surface area contributed by atoms with Crippen molar-refractivity contribution >= 4 is 5.69 Å². The van der Waals surface area contributed by atoms with E-state index in [0.717, 1.165) is 51.4 Å². The van der Waals surface area contributed by atoms with Crippen molar-refractivity contribution in [3.63, 3.8) is 0 Å². The van der Waals surface area contributed by atoms with Gasteiger partial charge >= 0.3 is 0 Å². The molecule has 1 N–H and O–H groups in total. The first-order valence-electron chi connectivity index (χ1n) is 7.42. The summed E-state index contributed by atoms with van der Waals surface area (Å²) in [7, 11) is 2.01. The van der Waals surface area contributed by atoms with Gasteiger partial charge in [-0.15, -0.1) is 0 Å². The number of nitrogens with one attached hydrogen (secondary N) is 1. The quantitative estimate of drug-likeness (QED) is 0.867. The number of hydrogen-bond acceptors (Lipinski definition) is 3. The molecule has 1 aliphatic rings. The minimum atomic E-state index is -0.180. The van der Waals surface area contributed by atoms with Crippen LogP contribution < -0.4 is 10.2 Å². The van der Waals surface area contributed by atoms with Gasteiger partial charge in [-0.1, -0.05) is 0 Å². The van der Waals surface area contributed by atoms with Gasteiger partial charge in [0.2, 0.25) is 0 Å². The van der Waals surface area contributed by atoms with E-state index < -0.39 is 0 Å². The average Bonchev–Trinajstić information content (AvgIpc) is 2.47. The summed E-state index contributed by atoms with van der Waals surface area (Å²) < 4.78 is 18.6. The average molecular weight is 280 g/mol. The van der Waals surface area contributed by atoms with E-state index in [-0.39, 0.29) is 11.2 Å². The highest BCUT2D eigenvalue weighted by atomic mass is 19.1. The molecule has 0 radical (unpaired) electrons. The van der Waals surface area contributed by atoms with Crippen LogP contribution >= 0.6 is 0 Å². The van der Waals surface area contributed by atoms with Gasteiger partial charge in [-0.25, -0.2) is 4.39 Å². The van der Waals surface area contributed by atoms with Crippen molar-refractivity contribution < 1.29 is 9.13 Å². The lowest BCUT2D eigenvalue weighted by Crippen LogP contribution is -2.47. The molecule has 0 aliphatic carbocycles. The summed E-state index contributed by atoms with van der Waals surface area (Å²) >= 11 is 0. The van der Waals surface area contributed by atoms with E-state index in [1.807, 2.05) is 19.2 Å². The van der Waals surface area contributed by atoms with Gasteiger partial charge in [0.25, 0.3) is 0 Å². The standard InChI is InChI=1S/C16H25FN2O/c1-3-19(15-6-4-14(17)5-7-15)13-16(12-18-2)8-10-20-11-9-16/h4-7,18H,3,8-13H2,1-2H3. The van der Waals surface area contributed by atoms with Crippen molar-refractivity contribution in [3.05, 3.63) is 30.1 Å². The van der Waals surface area contributed by atoms with Gasteiger partial charge in [0.05, 0.1) is 0 Å². The predicted octanol–water partition coefficient (Wildman–Crippen LogP) is 2.67. The molecular weight excluding hydrogens is 255 g/mol. The minimum absolute atomic E-state index is 0.180. The van der Waals surface area contributed by atoms with E-state index in [1.165, 1.54) is 12.1 Å². The summed E-state index contributed by atoms with van der Waals surface area (Å²) in [5.41, 5.74) is 1.34. The Kier molecular flexibility index (Phi) is 5.38. The summed E-state index contributed by atoms with van der Waals surface area (Å²) in [4.78, 5) is 2.34. The van der Waals surface area contributed by atoms with Gasteiger partial charge in [-0.05, 0) is 51.1 Å². The number of hydrogen-bond donors (Lipinski definition) is 1. The molecule has 0 saturated carbocycles. The molecule has 1 aromatic carbocycles. The van der Waals surface area contributed by atoms with Crippen LogP contribution in [0.5, 0.6) is 0 Å². The molecule has 0 spiro atoms. The zero-order valence-electron chi connectivity index (χ0n) is 12.5. The number of halogens is 1. The second-order valence-electron chi connectivity index (χ2n) is 5.63. The van der Waals surface area contributed by atoms with E-state index in [0.29, 0.717) is 0 Å². The van der Waals surface area contributed by atoms with Gasteiger partial charge in [-0.2, -0.15) is 0 Å². The molecular formula is C16H25FN2O. The number of ether oxygens (including phenoxy) is 1. The molecule has 1 aromatic rings. The van der Waals surface area contributed by atoms with Gasteiger partial charge < -0.3 is 15.0 Å². The van der Waals surface area contributed by atoms with E-state index >= 15 is 0 Å². The summed E-state index contributed by atoms with van der Waals surface area (Å²) in [6, 6.07) is 6.80. The molecule has 0 bridgehead atoms. The summed E-state index contributed by atoms with van der Waals surface area (Å²) in [6.45, 7) is 6.73. The van der Waals surface area contributed by atoms with Crippen LogP contribution in [0.1, 0.15) is 19.8 Å². The lowest BCUT2D eigenvalue weighted by molar-refractivity contribution is 0.0193. The molecule has 1 fully saturated rings. The second kappa shape index (κ2) is 7.04. The Morgan fingerprint density at radius 1 is 1.25 bits per heavy atom. The Balaban J connectivity index is 2.12. The van der Waals surface area contributed by atoms with E-state index in [4.69, 9.17) is 4.74 Å². The molecule has 1 aliphatic heterocycles. The van der Waals surface area contributed by atoms with Crippen LogP contribution in [0.15, 0.2) is 24.3 Å². The Morgan fingerprint density at radius 2 is 1.90 bits per heavy atom. The van der Waals surface area contributed by atoms with Crippen LogP contribution in [0.25, 0.3) is 0 Å². The smallest absolute Gasteiger partial charge is 0.123 e. The van der Waals surface area contributed by atoms with E-state index in [9.17, 15) is 4.39 Å². The summed E-state index contributed by atoms with van der Waals surface area (Å²) in [5.74, 6) is -0.180. The molecule has 4 heteroatoms. The zero-order chi connectivity index (χ0) is 14.4. The van der Waals surface area contributed by atoms with Gasteiger partial charge in [0.15, 0.2) is 0 Å². The van der Waals surface area contributed by atoms with Crippen LogP contribution in [0.2, 0.25) is 0 Å². The van der Waals surface area contributed by atoms with E-state index in [2.05, 4.69) is 17.1 Å². The fraction of sp³-hybridized carbons (Fsp3) is 0.625. The van der Waals surface area contributed by atoms with Gasteiger partial charge in [0.1, 0.15) is 5.82 Å². The third-order valence-corrected chi connectivity index (χ3v) is 4.21. The Morgan fingerprint density at radius 3 is 2.45 bits per heavy atom. The van der Waals surface area contributed by atoms with Crippen molar-refractivity contribution in [2.75, 3.05) is 44.8 Å². The molecule has 20 heavy (non-hydrogen) atoms. The number of rotatable bonds is 6. The molecule has 3 nitrogen and oxygen atoms in total. The highest BCUT2D eigenvalue weighted by Crippen LogP contribution is 2.32. The molecule has 1 saturated heterocycles. The highest BCUT2D eigenvalue weighted by Gasteiger charge is 2.33. The molecule has 1 heterocycles. The molecule has 0 unspecified atom stereocenters. The topological polar surface area (TPSA) is 24.5 Å². The third-order valence-electron chi connectivity index (χ3n) is 4.21. The zero-order valence-corrected chi connectivity index (χ0v) is 12.5. The second-order valence-corrected chi connectivity index (χ2v) is 5.63. The van der Waals surface area contributed by atoms with Crippen molar-refractivity contribution in [3.8, 4) is 0 Å². The maximum Gasteiger partial charge on any atom is 0.123 e. The fourth-order valence-corrected chi connectivity index (χ4v) is 3.01. The number of nitrogens with zero attached hydrogens (tertiary/aromatic N) is 1. The first-order chi connectivity index (χ1) is 9.69. The Labute approximate surface area is 121 Å². The molecule has 2 rings (SSSR count). The normalized spacial score (nSPS) is 17.9. The Hall–Kier alpha value is -1.13. The SMILES string of the molecule is CCN(CC1(CNC)CCOCC1)c1ccc(F)cc1. The lowest BCUT2D eigenvalue weighted by Gasteiger charge is -2.41. The molecule has 112 valence electrons. The minimum Gasteiger partial charge on any atom is -0.381 e. The first kappa shape index (κ1) is 15.3. The van der Waals surface area contributed by atoms with Gasteiger partial charge in [-0.3, -0.25) is 0 Å². The van der Waals surface area contributed by atoms with Crippen molar-refractivity contribution in [2.45, 2.75) is 19.8 Å². The first-order valence-corrected chi connectivity index (χ1v) is 7.42. The van der Waals surface area contributed by atoms with Crippen LogP contribution in [0.4, 0.5) is 10.1 Å². The maximum atomic E-state index is 13.1. The summed E-state index contributed by atoms with van der Waals surface area (Å²) in [6.07, 6.45) is 2.15. The predicted molar refractivity (Wildman–Crippen MR) is 80.7 cm³/mol. The van der Waals surface area contributed by atoms with Crippen LogP contribution in [-0.4, -0.2) is 39.9 Å². The molecule has 0 atom stereocenters. The Bertz CT molecular complexity index is 396. The summed E-state index contributed by atoms with van der Waals surface area (Å²) in [5, 5.41) is 3.33.